The molecule has 104 valence electrons. The number of nitro groups is 1. The van der Waals surface area contributed by atoms with Crippen molar-refractivity contribution in [2.75, 3.05) is 26.0 Å². The monoisotopic (exact) mass is 263 g/mol. The van der Waals surface area contributed by atoms with Gasteiger partial charge in [-0.2, -0.15) is 0 Å². The molecule has 0 aliphatic heterocycles. The van der Waals surface area contributed by atoms with Crippen LogP contribution >= 0.6 is 0 Å². The van der Waals surface area contributed by atoms with Gasteiger partial charge in [0, 0.05) is 29.4 Å². The van der Waals surface area contributed by atoms with E-state index in [0.717, 1.165) is 12.2 Å². The van der Waals surface area contributed by atoms with E-state index in [0.29, 0.717) is 5.56 Å². The van der Waals surface area contributed by atoms with Crippen molar-refractivity contribution < 1.29 is 4.92 Å². The summed E-state index contributed by atoms with van der Waals surface area (Å²) in [7, 11) is 4.20. The zero-order valence-electron chi connectivity index (χ0n) is 11.8. The van der Waals surface area contributed by atoms with Crippen molar-refractivity contribution in [2.45, 2.75) is 31.7 Å². The van der Waals surface area contributed by atoms with Crippen molar-refractivity contribution in [1.29, 1.82) is 0 Å². The van der Waals surface area contributed by atoms with Crippen LogP contribution in [-0.4, -0.2) is 36.0 Å². The summed E-state index contributed by atoms with van der Waals surface area (Å²) < 4.78 is 0. The number of anilines is 1. The molecule has 0 aromatic heterocycles. The highest BCUT2D eigenvalue weighted by atomic mass is 16.6. The molecule has 0 spiro atoms. The first kappa shape index (κ1) is 13.8. The predicted octanol–water partition coefficient (Wildman–Crippen LogP) is 2.80. The number of hydrogen-bond donors (Lipinski definition) is 1. The summed E-state index contributed by atoms with van der Waals surface area (Å²) in [5.74, 6) is 0. The van der Waals surface area contributed by atoms with Gasteiger partial charge in [-0.05, 0) is 46.3 Å². The van der Waals surface area contributed by atoms with Gasteiger partial charge in [0.05, 0.1) is 4.92 Å². The Morgan fingerprint density at radius 1 is 1.42 bits per heavy atom. The molecule has 0 radical (unpaired) electrons. The van der Waals surface area contributed by atoms with Crippen LogP contribution in [0.4, 0.5) is 11.4 Å². The lowest BCUT2D eigenvalue weighted by atomic mass is 9.75. The molecular weight excluding hydrogens is 242 g/mol. The highest BCUT2D eigenvalue weighted by Gasteiger charge is 2.38. The third-order valence-electron chi connectivity index (χ3n) is 4.34. The molecule has 0 heterocycles. The molecule has 1 saturated carbocycles. The Morgan fingerprint density at radius 3 is 2.58 bits per heavy atom. The standard InChI is InChI=1S/C14H21N3O2/c1-11-12(6-4-7-13(11)17(18)19)15-10-14(16(2)3)8-5-9-14/h4,6-7,15H,5,8-10H2,1-3H3. The van der Waals surface area contributed by atoms with Crippen LogP contribution in [-0.2, 0) is 0 Å². The van der Waals surface area contributed by atoms with Gasteiger partial charge in [0.15, 0.2) is 0 Å². The van der Waals surface area contributed by atoms with Crippen LogP contribution in [0, 0.1) is 17.0 Å². The zero-order chi connectivity index (χ0) is 14.0. The van der Waals surface area contributed by atoms with Gasteiger partial charge in [-0.15, -0.1) is 0 Å². The van der Waals surface area contributed by atoms with Gasteiger partial charge in [0.25, 0.3) is 5.69 Å². The molecule has 0 atom stereocenters. The molecule has 1 N–H and O–H groups in total. The fourth-order valence-corrected chi connectivity index (χ4v) is 2.64. The van der Waals surface area contributed by atoms with Gasteiger partial charge in [0.2, 0.25) is 0 Å². The summed E-state index contributed by atoms with van der Waals surface area (Å²) in [6, 6.07) is 5.19. The Morgan fingerprint density at radius 2 is 2.11 bits per heavy atom. The molecular formula is C14H21N3O2. The molecule has 1 aromatic carbocycles. The quantitative estimate of drug-likeness (QED) is 0.655. The second-order valence-corrected chi connectivity index (χ2v) is 5.53. The van der Waals surface area contributed by atoms with Gasteiger partial charge in [-0.1, -0.05) is 6.07 Å². The normalized spacial score (nSPS) is 17.1. The van der Waals surface area contributed by atoms with E-state index in [9.17, 15) is 10.1 Å². The van der Waals surface area contributed by atoms with Crippen molar-refractivity contribution in [3.8, 4) is 0 Å². The van der Waals surface area contributed by atoms with E-state index >= 15 is 0 Å². The molecule has 1 aliphatic carbocycles. The Balaban J connectivity index is 2.12. The van der Waals surface area contributed by atoms with Gasteiger partial charge in [0.1, 0.15) is 0 Å². The minimum absolute atomic E-state index is 0.178. The SMILES string of the molecule is Cc1c(NCC2(N(C)C)CCC2)cccc1[N+](=O)[O-]. The second-order valence-electron chi connectivity index (χ2n) is 5.53. The highest BCUT2D eigenvalue weighted by Crippen LogP contribution is 2.36. The minimum Gasteiger partial charge on any atom is -0.383 e. The van der Waals surface area contributed by atoms with Gasteiger partial charge < -0.3 is 10.2 Å². The molecule has 2 rings (SSSR count). The molecule has 19 heavy (non-hydrogen) atoms. The maximum atomic E-state index is 10.9. The van der Waals surface area contributed by atoms with E-state index in [-0.39, 0.29) is 16.1 Å². The summed E-state index contributed by atoms with van der Waals surface area (Å²) >= 11 is 0. The number of nitrogens with zero attached hydrogens (tertiary/aromatic N) is 2. The second kappa shape index (κ2) is 5.17. The molecule has 0 bridgehead atoms. The van der Waals surface area contributed by atoms with E-state index in [1.807, 2.05) is 6.07 Å². The molecule has 1 fully saturated rings. The smallest absolute Gasteiger partial charge is 0.274 e. The Bertz CT molecular complexity index is 482. The lowest BCUT2D eigenvalue weighted by Gasteiger charge is -2.47. The van der Waals surface area contributed by atoms with Crippen LogP contribution in [0.2, 0.25) is 0 Å². The van der Waals surface area contributed by atoms with E-state index in [2.05, 4.69) is 24.3 Å². The average molecular weight is 263 g/mol. The Hall–Kier alpha value is -1.62. The summed E-state index contributed by atoms with van der Waals surface area (Å²) in [6.45, 7) is 2.63. The maximum absolute atomic E-state index is 10.9. The maximum Gasteiger partial charge on any atom is 0.274 e. The van der Waals surface area contributed by atoms with Crippen molar-refractivity contribution in [1.82, 2.24) is 4.90 Å². The van der Waals surface area contributed by atoms with Crippen molar-refractivity contribution in [3.05, 3.63) is 33.9 Å². The van der Waals surface area contributed by atoms with Crippen LogP contribution in [0.1, 0.15) is 24.8 Å². The van der Waals surface area contributed by atoms with E-state index in [4.69, 9.17) is 0 Å². The molecule has 0 saturated heterocycles. The minimum atomic E-state index is -0.328. The number of nitrogens with one attached hydrogen (secondary N) is 1. The first-order valence-electron chi connectivity index (χ1n) is 6.62. The van der Waals surface area contributed by atoms with Crippen molar-refractivity contribution in [3.63, 3.8) is 0 Å². The lowest BCUT2D eigenvalue weighted by Crippen LogP contribution is -2.54. The molecule has 5 nitrogen and oxygen atoms in total. The lowest BCUT2D eigenvalue weighted by molar-refractivity contribution is -0.385. The van der Waals surface area contributed by atoms with Crippen LogP contribution in [0.15, 0.2) is 18.2 Å². The number of likely N-dealkylation sites (N-methyl/N-ethyl adjacent to an activating group) is 1. The van der Waals surface area contributed by atoms with E-state index in [1.54, 1.807) is 19.1 Å². The van der Waals surface area contributed by atoms with Gasteiger partial charge >= 0.3 is 0 Å². The topological polar surface area (TPSA) is 58.4 Å². The molecule has 0 unspecified atom stereocenters. The summed E-state index contributed by atoms with van der Waals surface area (Å²) in [5.41, 5.74) is 1.96. The molecule has 1 aliphatic rings. The van der Waals surface area contributed by atoms with Crippen molar-refractivity contribution >= 4 is 11.4 Å². The third-order valence-corrected chi connectivity index (χ3v) is 4.34. The first-order chi connectivity index (χ1) is 8.96. The largest absolute Gasteiger partial charge is 0.383 e. The fourth-order valence-electron chi connectivity index (χ4n) is 2.64. The summed E-state index contributed by atoms with van der Waals surface area (Å²) in [4.78, 5) is 12.9. The van der Waals surface area contributed by atoms with Crippen LogP contribution in [0.3, 0.4) is 0 Å². The third kappa shape index (κ3) is 2.56. The number of rotatable bonds is 5. The molecule has 0 amide bonds. The molecule has 1 aromatic rings. The number of hydrogen-bond acceptors (Lipinski definition) is 4. The van der Waals surface area contributed by atoms with Crippen LogP contribution in [0.25, 0.3) is 0 Å². The fraction of sp³-hybridized carbons (Fsp3) is 0.571. The highest BCUT2D eigenvalue weighted by molar-refractivity contribution is 5.59. The first-order valence-corrected chi connectivity index (χ1v) is 6.62. The van der Waals surface area contributed by atoms with Crippen molar-refractivity contribution in [2.24, 2.45) is 0 Å². The summed E-state index contributed by atoms with van der Waals surface area (Å²) in [6.07, 6.45) is 3.62. The van der Waals surface area contributed by atoms with E-state index < -0.39 is 0 Å². The van der Waals surface area contributed by atoms with Crippen LogP contribution < -0.4 is 5.32 Å². The summed E-state index contributed by atoms with van der Waals surface area (Å²) in [5, 5.41) is 14.3. The number of nitro benzene ring substituents is 1. The van der Waals surface area contributed by atoms with Crippen LogP contribution in [0.5, 0.6) is 0 Å². The van der Waals surface area contributed by atoms with Gasteiger partial charge in [-0.3, -0.25) is 10.1 Å². The zero-order valence-corrected chi connectivity index (χ0v) is 11.8. The Kier molecular flexibility index (Phi) is 3.75. The van der Waals surface area contributed by atoms with E-state index in [1.165, 1.54) is 19.3 Å². The van der Waals surface area contributed by atoms with Gasteiger partial charge in [-0.25, -0.2) is 0 Å². The number of benzene rings is 1. The molecule has 5 heteroatoms. The predicted molar refractivity (Wildman–Crippen MR) is 76.6 cm³/mol. The Labute approximate surface area is 113 Å². The average Bonchev–Trinajstić information content (AvgIpc) is 2.28.